The molecule has 39 heavy (non-hydrogen) atoms. The maximum atomic E-state index is 5.39. The number of fused-ring (bicyclic) bond motifs is 20. The Kier molecular flexibility index (Phi) is 3.87. The van der Waals surface area contributed by atoms with Gasteiger partial charge in [0.1, 0.15) is 0 Å². The van der Waals surface area contributed by atoms with Crippen LogP contribution in [0.25, 0.3) is 38.1 Å². The maximum Gasteiger partial charge on any atom is 0.0728 e. The Hall–Kier alpha value is -2.68. The van der Waals surface area contributed by atoms with Crippen LogP contribution in [-0.2, 0) is 0 Å². The fourth-order valence-electron chi connectivity index (χ4n) is 11.9. The number of benzene rings is 1. The fourth-order valence-corrected chi connectivity index (χ4v) is 11.9. The highest BCUT2D eigenvalue weighted by Crippen LogP contribution is 2.58. The lowest BCUT2D eigenvalue weighted by Crippen LogP contribution is -2.20. The molecule has 0 amide bonds. The van der Waals surface area contributed by atoms with E-state index in [1.165, 1.54) is 116 Å². The van der Waals surface area contributed by atoms with Crippen molar-refractivity contribution >= 4 is 38.1 Å². The summed E-state index contributed by atoms with van der Waals surface area (Å²) in [5, 5.41) is 6.07. The Labute approximate surface area is 229 Å². The zero-order valence-corrected chi connectivity index (χ0v) is 22.8. The summed E-state index contributed by atoms with van der Waals surface area (Å²) in [6, 6.07) is 7.26. The summed E-state index contributed by atoms with van der Waals surface area (Å²) in [5.74, 6) is 6.46. The van der Waals surface area contributed by atoms with Gasteiger partial charge in [-0.15, -0.1) is 0 Å². The third-order valence-electron chi connectivity index (χ3n) is 13.0. The summed E-state index contributed by atoms with van der Waals surface area (Å²) in [6.07, 6.45) is 21.4. The van der Waals surface area contributed by atoms with Crippen molar-refractivity contribution in [1.82, 2.24) is 14.4 Å². The van der Waals surface area contributed by atoms with Crippen LogP contribution in [0.5, 0.6) is 0 Å². The molecule has 3 heteroatoms. The number of hydrogen-bond acceptors (Lipinski definition) is 2. The molecule has 4 heterocycles. The van der Waals surface area contributed by atoms with Crippen molar-refractivity contribution < 1.29 is 0 Å². The molecule has 0 N–H and O–H groups in total. The van der Waals surface area contributed by atoms with Crippen LogP contribution in [0.3, 0.4) is 0 Å². The van der Waals surface area contributed by atoms with Gasteiger partial charge in [-0.2, -0.15) is 0 Å². The van der Waals surface area contributed by atoms with E-state index in [9.17, 15) is 0 Å². The minimum absolute atomic E-state index is 0.675. The molecule has 4 fully saturated rings. The van der Waals surface area contributed by atoms with E-state index in [4.69, 9.17) is 9.97 Å². The van der Waals surface area contributed by atoms with Crippen LogP contribution < -0.4 is 0 Å². The molecule has 8 atom stereocenters. The van der Waals surface area contributed by atoms with Crippen LogP contribution in [0.1, 0.15) is 123 Å². The second-order valence-electron chi connectivity index (χ2n) is 15.0. The minimum Gasteiger partial charge on any atom is -0.305 e. The first-order valence-electron chi connectivity index (χ1n) is 16.3. The zero-order chi connectivity index (χ0) is 25.0. The molecule has 3 nitrogen and oxygen atoms in total. The first kappa shape index (κ1) is 21.1. The Morgan fingerprint density at radius 2 is 1.03 bits per heavy atom. The van der Waals surface area contributed by atoms with Crippen molar-refractivity contribution in [3.8, 4) is 0 Å². The van der Waals surface area contributed by atoms with E-state index >= 15 is 0 Å². The van der Waals surface area contributed by atoms with Crippen molar-refractivity contribution in [2.75, 3.05) is 0 Å². The molecule has 8 unspecified atom stereocenters. The molecule has 4 aromatic heterocycles. The van der Waals surface area contributed by atoms with E-state index in [0.717, 1.165) is 23.7 Å². The highest BCUT2D eigenvalue weighted by Gasteiger charge is 2.43. The van der Waals surface area contributed by atoms with Crippen molar-refractivity contribution in [2.45, 2.75) is 101 Å². The first-order valence-corrected chi connectivity index (χ1v) is 16.3. The second-order valence-corrected chi connectivity index (χ2v) is 15.0. The molecule has 8 bridgehead atoms. The van der Waals surface area contributed by atoms with Gasteiger partial charge < -0.3 is 4.40 Å². The largest absolute Gasteiger partial charge is 0.305 e. The molecule has 5 aromatic rings. The average Bonchev–Trinajstić information content (AvgIpc) is 3.27. The lowest BCUT2D eigenvalue weighted by molar-refractivity contribution is 0.246. The summed E-state index contributed by atoms with van der Waals surface area (Å²) in [5.41, 5.74) is 10.4. The number of rotatable bonds is 0. The molecule has 0 aliphatic heterocycles. The third kappa shape index (κ3) is 2.58. The van der Waals surface area contributed by atoms with Gasteiger partial charge in [-0.05, 0) is 124 Å². The SMILES string of the molecule is c1cc2c3c4c(ncc3n3c5cnc6c(c5c(c1)c23)C1CC2CCC6CC(C2)C1)C1CCC2CC(C1)CC4C2. The van der Waals surface area contributed by atoms with Crippen LogP contribution >= 0.6 is 0 Å². The molecule has 11 rings (SSSR count). The lowest BCUT2D eigenvalue weighted by Gasteiger charge is -2.34. The number of aromatic nitrogens is 3. The van der Waals surface area contributed by atoms with Crippen molar-refractivity contribution in [2.24, 2.45) is 23.7 Å². The average molecular weight is 512 g/mol. The van der Waals surface area contributed by atoms with Gasteiger partial charge in [0.15, 0.2) is 0 Å². The van der Waals surface area contributed by atoms with Crippen LogP contribution in [0.4, 0.5) is 0 Å². The number of hydrogen-bond donors (Lipinski definition) is 0. The molecule has 6 aliphatic rings. The van der Waals surface area contributed by atoms with Gasteiger partial charge in [0.25, 0.3) is 0 Å². The molecular weight excluding hydrogens is 474 g/mol. The summed E-state index contributed by atoms with van der Waals surface area (Å²) in [7, 11) is 0. The van der Waals surface area contributed by atoms with Crippen LogP contribution in [0.2, 0.25) is 0 Å². The highest BCUT2D eigenvalue weighted by molar-refractivity contribution is 6.24. The second kappa shape index (κ2) is 7.14. The van der Waals surface area contributed by atoms with Gasteiger partial charge in [-0.3, -0.25) is 9.97 Å². The minimum atomic E-state index is 0.675. The fraction of sp³-hybridized carbons (Fsp3) is 0.556. The predicted molar refractivity (Wildman–Crippen MR) is 157 cm³/mol. The quantitative estimate of drug-likeness (QED) is 0.207. The Bertz CT molecular complexity index is 1720. The van der Waals surface area contributed by atoms with Crippen LogP contribution in [0, 0.1) is 23.7 Å². The van der Waals surface area contributed by atoms with E-state index in [0.29, 0.717) is 23.7 Å². The van der Waals surface area contributed by atoms with Gasteiger partial charge >= 0.3 is 0 Å². The van der Waals surface area contributed by atoms with E-state index < -0.39 is 0 Å². The molecular formula is C36H37N3. The molecule has 0 radical (unpaired) electrons. The zero-order valence-electron chi connectivity index (χ0n) is 22.8. The topological polar surface area (TPSA) is 30.2 Å². The van der Waals surface area contributed by atoms with Crippen molar-refractivity contribution in [3.05, 3.63) is 53.1 Å². The van der Waals surface area contributed by atoms with Gasteiger partial charge in [0, 0.05) is 44.8 Å². The van der Waals surface area contributed by atoms with Gasteiger partial charge in [0.05, 0.1) is 28.9 Å². The number of pyridine rings is 2. The van der Waals surface area contributed by atoms with E-state index in [1.54, 1.807) is 21.9 Å². The van der Waals surface area contributed by atoms with Crippen molar-refractivity contribution in [3.63, 3.8) is 0 Å². The first-order chi connectivity index (χ1) is 19.3. The Morgan fingerprint density at radius 3 is 1.56 bits per heavy atom. The molecule has 1 aromatic carbocycles. The van der Waals surface area contributed by atoms with Crippen LogP contribution in [0.15, 0.2) is 30.6 Å². The van der Waals surface area contributed by atoms with Crippen molar-refractivity contribution in [1.29, 1.82) is 0 Å². The molecule has 196 valence electrons. The Morgan fingerprint density at radius 1 is 0.538 bits per heavy atom. The van der Waals surface area contributed by atoms with Gasteiger partial charge in [0.2, 0.25) is 0 Å². The normalized spacial score (nSPS) is 36.5. The molecule has 0 saturated heterocycles. The van der Waals surface area contributed by atoms with E-state index in [2.05, 4.69) is 35.0 Å². The monoisotopic (exact) mass is 511 g/mol. The molecule has 4 saturated carbocycles. The lowest BCUT2D eigenvalue weighted by atomic mass is 9.71. The number of nitrogens with zero attached hydrogens (tertiary/aromatic N) is 3. The molecule has 6 aliphatic carbocycles. The molecule has 0 spiro atoms. The van der Waals surface area contributed by atoms with Gasteiger partial charge in [-0.25, -0.2) is 0 Å². The summed E-state index contributed by atoms with van der Waals surface area (Å²) < 4.78 is 2.61. The predicted octanol–water partition coefficient (Wildman–Crippen LogP) is 9.19. The summed E-state index contributed by atoms with van der Waals surface area (Å²) >= 11 is 0. The highest BCUT2D eigenvalue weighted by atomic mass is 14.9. The summed E-state index contributed by atoms with van der Waals surface area (Å²) in [6.45, 7) is 0. The van der Waals surface area contributed by atoms with Crippen LogP contribution in [-0.4, -0.2) is 14.4 Å². The van der Waals surface area contributed by atoms with E-state index in [1.807, 2.05) is 0 Å². The summed E-state index contributed by atoms with van der Waals surface area (Å²) in [4.78, 5) is 10.8. The smallest absolute Gasteiger partial charge is 0.0728 e. The maximum absolute atomic E-state index is 5.39. The number of para-hydroxylation sites is 1. The standard InChI is InChI=1S/C36H37N3/c1-2-26-32-28(16-37-34-22-6-4-18-8-20(12-22)14-24(10-18)30(32)34)39-29-17-38-35-23-7-5-19-9-21(13-23)15-25(11-19)31(35)33(29)27(3-1)36(26)39/h1-3,16-25H,4-15H2. The van der Waals surface area contributed by atoms with Gasteiger partial charge in [-0.1, -0.05) is 18.2 Å². The Balaban J connectivity index is 1.26. The third-order valence-corrected chi connectivity index (χ3v) is 13.0. The van der Waals surface area contributed by atoms with E-state index in [-0.39, 0.29) is 0 Å².